The number of anilines is 2. The van der Waals surface area contributed by atoms with Crippen molar-refractivity contribution in [3.8, 4) is 11.5 Å². The van der Waals surface area contributed by atoms with Crippen LogP contribution in [-0.2, 0) is 9.53 Å². The Hall–Kier alpha value is -5.09. The molecule has 9 nitrogen and oxygen atoms in total. The first kappa shape index (κ1) is 28.9. The van der Waals surface area contributed by atoms with E-state index in [0.29, 0.717) is 21.6 Å². The largest absolute Gasteiger partial charge is 0.508 e. The summed E-state index contributed by atoms with van der Waals surface area (Å²) in [5, 5.41) is 15.6. The third kappa shape index (κ3) is 8.20. The van der Waals surface area contributed by atoms with Crippen LogP contribution in [0.4, 0.5) is 16.2 Å². The lowest BCUT2D eigenvalue weighted by atomic mass is 10.0. The van der Waals surface area contributed by atoms with Crippen molar-refractivity contribution in [1.29, 1.82) is 0 Å². The second-order valence-electron chi connectivity index (χ2n) is 8.68. The first-order valence-corrected chi connectivity index (χ1v) is 13.2. The van der Waals surface area contributed by atoms with Crippen LogP contribution in [0.15, 0.2) is 120 Å². The highest BCUT2D eigenvalue weighted by atomic mass is 79.9. The van der Waals surface area contributed by atoms with Gasteiger partial charge in [0.15, 0.2) is 12.2 Å². The number of para-hydroxylation sites is 3. The van der Waals surface area contributed by atoms with Crippen molar-refractivity contribution >= 4 is 45.2 Å². The maximum atomic E-state index is 13.0. The molecule has 0 spiro atoms. The number of phenolic OH excluding ortho intramolecular Hbond substituents is 1. The van der Waals surface area contributed by atoms with Crippen molar-refractivity contribution in [3.05, 3.63) is 131 Å². The molecular formula is C31H26BrN3O6. The lowest BCUT2D eigenvalue weighted by Gasteiger charge is -2.27. The van der Waals surface area contributed by atoms with Crippen LogP contribution in [0.1, 0.15) is 22.0 Å². The first-order chi connectivity index (χ1) is 19.8. The molecule has 4 aromatic rings. The molecule has 4 rings (SSSR count). The highest BCUT2D eigenvalue weighted by Crippen LogP contribution is 2.34. The highest BCUT2D eigenvalue weighted by molar-refractivity contribution is 9.10. The van der Waals surface area contributed by atoms with Crippen molar-refractivity contribution in [2.75, 3.05) is 11.1 Å². The summed E-state index contributed by atoms with van der Waals surface area (Å²) in [5.41, 5.74) is 7.14. The van der Waals surface area contributed by atoms with E-state index in [4.69, 9.17) is 15.2 Å². The minimum Gasteiger partial charge on any atom is -0.508 e. The Bertz CT molecular complexity index is 1550. The van der Waals surface area contributed by atoms with Gasteiger partial charge in [-0.05, 0) is 60.7 Å². The van der Waals surface area contributed by atoms with Crippen LogP contribution in [0.5, 0.6) is 11.5 Å². The van der Waals surface area contributed by atoms with Crippen LogP contribution >= 0.6 is 15.9 Å². The molecular weight excluding hydrogens is 590 g/mol. The van der Waals surface area contributed by atoms with Crippen molar-refractivity contribution in [2.45, 2.75) is 12.2 Å². The molecule has 208 valence electrons. The number of hydrogen-bond donors (Lipinski definition) is 4. The summed E-state index contributed by atoms with van der Waals surface area (Å²) in [5.74, 6) is -0.995. The molecule has 0 radical (unpaired) electrons. The van der Waals surface area contributed by atoms with Gasteiger partial charge in [0, 0.05) is 21.7 Å². The van der Waals surface area contributed by atoms with Crippen molar-refractivity contribution in [2.24, 2.45) is 0 Å². The molecule has 2 atom stereocenters. The number of halogens is 1. The minimum absolute atomic E-state index is 0.167. The van der Waals surface area contributed by atoms with E-state index in [1.54, 1.807) is 97.1 Å². The number of amides is 3. The standard InChI is InChI=1S/C31H26BrN3O6/c32-21-15-16-26(36)23(19-21)29(41-31(39)35-30(38)20-9-3-1-4-10-20)27(40-22-11-5-2-6-12-22)17-18-28(37)34-25-14-8-7-13-24(25)33/h1-19,27,29,36H,33H2,(H,34,37)(H,35,38,39)/b18-17+/t27-,29-/m0/s1. The van der Waals surface area contributed by atoms with Gasteiger partial charge in [-0.25, -0.2) is 4.79 Å². The molecule has 4 aromatic carbocycles. The number of carbonyl (C=O) groups is 3. The summed E-state index contributed by atoms with van der Waals surface area (Å²) >= 11 is 3.37. The molecule has 0 bridgehead atoms. The molecule has 0 aromatic heterocycles. The number of carbonyl (C=O) groups excluding carboxylic acids is 3. The Balaban J connectivity index is 1.66. The lowest BCUT2D eigenvalue weighted by Crippen LogP contribution is -2.36. The maximum absolute atomic E-state index is 13.0. The van der Waals surface area contributed by atoms with E-state index in [1.165, 1.54) is 18.2 Å². The van der Waals surface area contributed by atoms with Gasteiger partial charge < -0.3 is 25.6 Å². The Morgan fingerprint density at radius 2 is 1.54 bits per heavy atom. The number of rotatable bonds is 9. The summed E-state index contributed by atoms with van der Waals surface area (Å²) in [4.78, 5) is 38.3. The van der Waals surface area contributed by atoms with E-state index < -0.39 is 30.1 Å². The third-order valence-electron chi connectivity index (χ3n) is 5.75. The van der Waals surface area contributed by atoms with Gasteiger partial charge in [0.25, 0.3) is 5.91 Å². The lowest BCUT2D eigenvalue weighted by molar-refractivity contribution is -0.112. The average molecular weight is 616 g/mol. The number of nitrogens with one attached hydrogen (secondary N) is 2. The molecule has 0 unspecified atom stereocenters. The predicted molar refractivity (Wildman–Crippen MR) is 158 cm³/mol. The Kier molecular flexibility index (Phi) is 9.74. The monoisotopic (exact) mass is 615 g/mol. The molecule has 5 N–H and O–H groups in total. The quantitative estimate of drug-likeness (QED) is 0.134. The fourth-order valence-corrected chi connectivity index (χ4v) is 4.16. The molecule has 3 amide bonds. The minimum atomic E-state index is -1.30. The Morgan fingerprint density at radius 1 is 0.878 bits per heavy atom. The zero-order valence-electron chi connectivity index (χ0n) is 21.6. The number of aromatic hydroxyl groups is 1. The molecule has 0 aliphatic rings. The van der Waals surface area contributed by atoms with Crippen molar-refractivity contribution in [3.63, 3.8) is 0 Å². The topological polar surface area (TPSA) is 140 Å². The van der Waals surface area contributed by atoms with Gasteiger partial charge >= 0.3 is 6.09 Å². The molecule has 0 saturated heterocycles. The van der Waals surface area contributed by atoms with Crippen LogP contribution in [0.2, 0.25) is 0 Å². The summed E-state index contributed by atoms with van der Waals surface area (Å²) in [6.45, 7) is 0. The van der Waals surface area contributed by atoms with Crippen LogP contribution in [-0.4, -0.2) is 29.1 Å². The number of nitrogens with two attached hydrogens (primary N) is 1. The van der Waals surface area contributed by atoms with Gasteiger partial charge in [-0.2, -0.15) is 0 Å². The fourth-order valence-electron chi connectivity index (χ4n) is 3.79. The second kappa shape index (κ2) is 13.8. The number of imide groups is 1. The summed E-state index contributed by atoms with van der Waals surface area (Å²) in [6.07, 6.45) is -0.923. The number of hydrogen-bond acceptors (Lipinski definition) is 7. The summed E-state index contributed by atoms with van der Waals surface area (Å²) < 4.78 is 12.4. The summed E-state index contributed by atoms with van der Waals surface area (Å²) in [7, 11) is 0. The van der Waals surface area contributed by atoms with E-state index in [2.05, 4.69) is 26.6 Å². The second-order valence-corrected chi connectivity index (χ2v) is 9.60. The Morgan fingerprint density at radius 3 is 2.24 bits per heavy atom. The first-order valence-electron chi connectivity index (χ1n) is 12.4. The zero-order chi connectivity index (χ0) is 29.2. The van der Waals surface area contributed by atoms with Crippen molar-refractivity contribution < 1.29 is 29.0 Å². The zero-order valence-corrected chi connectivity index (χ0v) is 23.2. The molecule has 0 aliphatic heterocycles. The van der Waals surface area contributed by atoms with Crippen LogP contribution in [0.3, 0.4) is 0 Å². The molecule has 0 heterocycles. The number of nitrogen functional groups attached to an aromatic ring is 1. The average Bonchev–Trinajstić information content (AvgIpc) is 2.97. The number of alkyl carbamates (subject to hydrolysis) is 1. The van der Waals surface area contributed by atoms with Crippen LogP contribution < -0.4 is 21.1 Å². The van der Waals surface area contributed by atoms with E-state index in [9.17, 15) is 19.5 Å². The van der Waals surface area contributed by atoms with Crippen LogP contribution in [0, 0.1) is 0 Å². The number of phenols is 1. The van der Waals surface area contributed by atoms with E-state index in [-0.39, 0.29) is 16.9 Å². The van der Waals surface area contributed by atoms with E-state index in [0.717, 1.165) is 0 Å². The van der Waals surface area contributed by atoms with Gasteiger partial charge in [-0.3, -0.25) is 14.9 Å². The smallest absolute Gasteiger partial charge is 0.414 e. The normalized spacial score (nSPS) is 12.2. The van der Waals surface area contributed by atoms with Crippen LogP contribution in [0.25, 0.3) is 0 Å². The van der Waals surface area contributed by atoms with E-state index >= 15 is 0 Å². The molecule has 0 aliphatic carbocycles. The predicted octanol–water partition coefficient (Wildman–Crippen LogP) is 5.99. The third-order valence-corrected chi connectivity index (χ3v) is 6.24. The van der Waals surface area contributed by atoms with Gasteiger partial charge in [-0.15, -0.1) is 0 Å². The van der Waals surface area contributed by atoms with E-state index in [1.807, 2.05) is 0 Å². The van der Waals surface area contributed by atoms with Gasteiger partial charge in [0.2, 0.25) is 5.91 Å². The molecule has 0 saturated carbocycles. The highest BCUT2D eigenvalue weighted by Gasteiger charge is 2.31. The van der Waals surface area contributed by atoms with Gasteiger partial charge in [0.05, 0.1) is 11.4 Å². The maximum Gasteiger partial charge on any atom is 0.414 e. The molecule has 10 heteroatoms. The van der Waals surface area contributed by atoms with Gasteiger partial charge in [-0.1, -0.05) is 64.5 Å². The van der Waals surface area contributed by atoms with Crippen molar-refractivity contribution in [1.82, 2.24) is 5.32 Å². The SMILES string of the molecule is Nc1ccccc1NC(=O)/C=C/[C@H](Oc1ccccc1)[C@@H](OC(=O)NC(=O)c1ccccc1)c1cc(Br)ccc1O. The Labute approximate surface area is 244 Å². The number of ether oxygens (including phenoxy) is 2. The fraction of sp³-hybridized carbons (Fsp3) is 0.0645. The number of benzene rings is 4. The molecule has 0 fully saturated rings. The summed E-state index contributed by atoms with van der Waals surface area (Å²) in [6, 6.07) is 28.1. The van der Waals surface area contributed by atoms with Gasteiger partial charge in [0.1, 0.15) is 11.5 Å². The molecule has 41 heavy (non-hydrogen) atoms.